The molecule has 4 nitrogen and oxygen atoms in total. The first kappa shape index (κ1) is 15.5. The van der Waals surface area contributed by atoms with Crippen molar-refractivity contribution in [3.8, 4) is 0 Å². The van der Waals surface area contributed by atoms with E-state index in [0.717, 1.165) is 6.42 Å². The van der Waals surface area contributed by atoms with E-state index in [9.17, 15) is 14.0 Å². The van der Waals surface area contributed by atoms with Crippen molar-refractivity contribution in [3.63, 3.8) is 0 Å². The lowest BCUT2D eigenvalue weighted by Gasteiger charge is -2.28. The molecule has 2 amide bonds. The maximum absolute atomic E-state index is 13.7. The molecular weight excluding hydrogens is 271 g/mol. The van der Waals surface area contributed by atoms with Gasteiger partial charge in [-0.1, -0.05) is 26.3 Å². The fraction of sp³-hybridized carbons (Fsp3) is 0.500. The molecule has 1 aliphatic rings. The van der Waals surface area contributed by atoms with Gasteiger partial charge in [0.05, 0.1) is 0 Å². The van der Waals surface area contributed by atoms with Crippen LogP contribution in [-0.4, -0.2) is 24.4 Å². The van der Waals surface area contributed by atoms with Crippen molar-refractivity contribution in [1.29, 1.82) is 0 Å². The quantitative estimate of drug-likeness (QED) is 0.930. The van der Waals surface area contributed by atoms with Crippen LogP contribution in [0.15, 0.2) is 18.2 Å². The van der Waals surface area contributed by atoms with E-state index in [1.54, 1.807) is 19.1 Å². The van der Waals surface area contributed by atoms with E-state index in [1.807, 2.05) is 13.8 Å². The Labute approximate surface area is 124 Å². The summed E-state index contributed by atoms with van der Waals surface area (Å²) in [6.45, 7) is 5.84. The van der Waals surface area contributed by atoms with Gasteiger partial charge in [-0.25, -0.2) is 4.39 Å². The summed E-state index contributed by atoms with van der Waals surface area (Å²) in [4.78, 5) is 26.1. The largest absolute Gasteiger partial charge is 0.344 e. The second kappa shape index (κ2) is 6.24. The number of hydrogen-bond acceptors (Lipinski definition) is 2. The van der Waals surface area contributed by atoms with E-state index in [-0.39, 0.29) is 36.5 Å². The van der Waals surface area contributed by atoms with Crippen LogP contribution in [-0.2, 0) is 9.59 Å². The zero-order chi connectivity index (χ0) is 15.6. The Morgan fingerprint density at radius 1 is 1.43 bits per heavy atom. The molecule has 1 aromatic carbocycles. The van der Waals surface area contributed by atoms with Crippen LogP contribution in [0.1, 0.15) is 32.3 Å². The van der Waals surface area contributed by atoms with E-state index < -0.39 is 6.04 Å². The topological polar surface area (TPSA) is 49.4 Å². The summed E-state index contributed by atoms with van der Waals surface area (Å²) in [5.74, 6) is -0.603. The fourth-order valence-electron chi connectivity index (χ4n) is 2.55. The second-order valence-corrected chi connectivity index (χ2v) is 5.55. The van der Waals surface area contributed by atoms with Gasteiger partial charge in [-0.3, -0.25) is 9.59 Å². The van der Waals surface area contributed by atoms with Crippen molar-refractivity contribution in [2.75, 3.05) is 11.4 Å². The minimum Gasteiger partial charge on any atom is -0.344 e. The van der Waals surface area contributed by atoms with E-state index in [1.165, 1.54) is 11.0 Å². The second-order valence-electron chi connectivity index (χ2n) is 5.55. The van der Waals surface area contributed by atoms with Gasteiger partial charge in [0.1, 0.15) is 11.9 Å². The highest BCUT2D eigenvalue weighted by molar-refractivity contribution is 6.01. The first-order chi connectivity index (χ1) is 9.95. The normalized spacial score (nSPS) is 21.0. The number of anilines is 1. The Balaban J connectivity index is 2.40. The predicted molar refractivity (Wildman–Crippen MR) is 79.5 cm³/mol. The van der Waals surface area contributed by atoms with Crippen molar-refractivity contribution >= 4 is 17.5 Å². The molecule has 1 fully saturated rings. The molecule has 0 radical (unpaired) electrons. The van der Waals surface area contributed by atoms with E-state index >= 15 is 0 Å². The minimum absolute atomic E-state index is 0.0379. The molecule has 1 heterocycles. The van der Waals surface area contributed by atoms with Gasteiger partial charge in [0.2, 0.25) is 11.8 Å². The van der Waals surface area contributed by atoms with Gasteiger partial charge >= 0.3 is 0 Å². The van der Waals surface area contributed by atoms with E-state index in [2.05, 4.69) is 5.32 Å². The number of hydrogen-bond donors (Lipinski definition) is 1. The van der Waals surface area contributed by atoms with Crippen LogP contribution in [0.5, 0.6) is 0 Å². The molecule has 0 spiro atoms. The van der Waals surface area contributed by atoms with Gasteiger partial charge in [0.25, 0.3) is 0 Å². The first-order valence-electron chi connectivity index (χ1n) is 7.31. The minimum atomic E-state index is -0.548. The Morgan fingerprint density at radius 2 is 2.14 bits per heavy atom. The van der Waals surface area contributed by atoms with Crippen molar-refractivity contribution in [2.45, 2.75) is 39.7 Å². The third kappa shape index (κ3) is 3.06. The smallest absolute Gasteiger partial charge is 0.249 e. The zero-order valence-electron chi connectivity index (χ0n) is 12.6. The molecule has 0 saturated carbocycles. The summed E-state index contributed by atoms with van der Waals surface area (Å²) >= 11 is 0. The molecule has 2 rings (SSSR count). The molecular formula is C16H21FN2O2. The monoisotopic (exact) mass is 292 g/mol. The third-order valence-electron chi connectivity index (χ3n) is 4.15. The number of carbonyl (C=O) groups is 2. The summed E-state index contributed by atoms with van der Waals surface area (Å²) in [6, 6.07) is 4.13. The summed E-state index contributed by atoms with van der Waals surface area (Å²) in [5, 5.41) is 2.79. The van der Waals surface area contributed by atoms with E-state index in [0.29, 0.717) is 11.3 Å². The lowest BCUT2D eigenvalue weighted by Crippen LogP contribution is -2.48. The summed E-state index contributed by atoms with van der Waals surface area (Å²) < 4.78 is 13.7. The van der Waals surface area contributed by atoms with Crippen molar-refractivity contribution in [3.05, 3.63) is 29.6 Å². The SMILES string of the molecule is CCC(C)C1NC(=O)CCN(c2cccc(F)c2C)C1=O. The Morgan fingerprint density at radius 3 is 2.81 bits per heavy atom. The average molecular weight is 292 g/mol. The number of nitrogens with zero attached hydrogens (tertiary/aromatic N) is 1. The van der Waals surface area contributed by atoms with Gasteiger partial charge in [-0.15, -0.1) is 0 Å². The molecule has 0 bridgehead atoms. The average Bonchev–Trinajstić information content (AvgIpc) is 2.61. The van der Waals surface area contributed by atoms with Crippen LogP contribution in [0.25, 0.3) is 0 Å². The highest BCUT2D eigenvalue weighted by Gasteiger charge is 2.34. The molecule has 0 aliphatic carbocycles. The van der Waals surface area contributed by atoms with Gasteiger partial charge < -0.3 is 10.2 Å². The zero-order valence-corrected chi connectivity index (χ0v) is 12.6. The lowest BCUT2D eigenvalue weighted by molar-refractivity contribution is -0.126. The molecule has 1 N–H and O–H groups in total. The first-order valence-corrected chi connectivity index (χ1v) is 7.31. The molecule has 2 unspecified atom stereocenters. The Bertz CT molecular complexity index is 559. The summed E-state index contributed by atoms with van der Waals surface area (Å²) in [5.41, 5.74) is 0.980. The summed E-state index contributed by atoms with van der Waals surface area (Å²) in [7, 11) is 0. The third-order valence-corrected chi connectivity index (χ3v) is 4.15. The van der Waals surface area contributed by atoms with E-state index in [4.69, 9.17) is 0 Å². The molecule has 114 valence electrons. The number of rotatable bonds is 3. The van der Waals surface area contributed by atoms with Gasteiger partial charge in [-0.2, -0.15) is 0 Å². The number of halogens is 1. The summed E-state index contributed by atoms with van der Waals surface area (Å²) in [6.07, 6.45) is 1.02. The number of benzene rings is 1. The van der Waals surface area contributed by atoms with Crippen LogP contribution in [0.2, 0.25) is 0 Å². The molecule has 1 saturated heterocycles. The maximum Gasteiger partial charge on any atom is 0.249 e. The van der Waals surface area contributed by atoms with Crippen LogP contribution in [0.3, 0.4) is 0 Å². The van der Waals surface area contributed by atoms with Crippen LogP contribution >= 0.6 is 0 Å². The number of amides is 2. The Kier molecular flexibility index (Phi) is 4.60. The highest BCUT2D eigenvalue weighted by atomic mass is 19.1. The fourth-order valence-corrected chi connectivity index (χ4v) is 2.55. The standard InChI is InChI=1S/C16H21FN2O2/c1-4-10(2)15-16(21)19(9-8-14(20)18-15)13-7-5-6-12(17)11(13)3/h5-7,10,15H,4,8-9H2,1-3H3,(H,18,20). The number of nitrogens with one attached hydrogen (secondary N) is 1. The molecule has 5 heteroatoms. The predicted octanol–water partition coefficient (Wildman–Crippen LogP) is 2.40. The van der Waals surface area contributed by atoms with Crippen molar-refractivity contribution < 1.29 is 14.0 Å². The van der Waals surface area contributed by atoms with Gasteiger partial charge in [0.15, 0.2) is 0 Å². The highest BCUT2D eigenvalue weighted by Crippen LogP contribution is 2.25. The van der Waals surface area contributed by atoms with Crippen LogP contribution in [0.4, 0.5) is 10.1 Å². The van der Waals surface area contributed by atoms with Crippen LogP contribution < -0.4 is 10.2 Å². The molecule has 1 aromatic rings. The molecule has 1 aliphatic heterocycles. The van der Waals surface area contributed by atoms with Crippen LogP contribution in [0, 0.1) is 18.7 Å². The van der Waals surface area contributed by atoms with Gasteiger partial charge in [-0.05, 0) is 25.0 Å². The van der Waals surface area contributed by atoms with Crippen molar-refractivity contribution in [2.24, 2.45) is 5.92 Å². The number of carbonyl (C=O) groups excluding carboxylic acids is 2. The lowest BCUT2D eigenvalue weighted by atomic mass is 9.97. The van der Waals surface area contributed by atoms with Gasteiger partial charge in [0, 0.05) is 24.2 Å². The molecule has 21 heavy (non-hydrogen) atoms. The Hall–Kier alpha value is -1.91. The molecule has 0 aromatic heterocycles. The van der Waals surface area contributed by atoms with Crippen molar-refractivity contribution in [1.82, 2.24) is 5.32 Å². The molecule has 2 atom stereocenters. The maximum atomic E-state index is 13.7.